The van der Waals surface area contributed by atoms with Gasteiger partial charge in [0, 0.05) is 25.1 Å². The second-order valence-electron chi connectivity index (χ2n) is 11.1. The molecule has 248 valence electrons. The lowest BCUT2D eigenvalue weighted by atomic mass is 10.0. The van der Waals surface area contributed by atoms with Crippen LogP contribution in [-0.2, 0) is 32.6 Å². The van der Waals surface area contributed by atoms with Gasteiger partial charge in [-0.15, -0.1) is 0 Å². The van der Waals surface area contributed by atoms with E-state index in [-0.39, 0.29) is 29.1 Å². The van der Waals surface area contributed by atoms with Crippen molar-refractivity contribution in [3.05, 3.63) is 124 Å². The molecule has 1 N–H and O–H groups in total. The number of carbonyl (C=O) groups excluding carboxylic acids is 2. The zero-order chi connectivity index (χ0) is 34.0. The summed E-state index contributed by atoms with van der Waals surface area (Å²) < 4.78 is 50.3. The van der Waals surface area contributed by atoms with Crippen LogP contribution < -0.4 is 14.4 Å². The van der Waals surface area contributed by atoms with E-state index in [1.165, 1.54) is 36.3 Å². The highest BCUT2D eigenvalue weighted by atomic mass is 79.9. The van der Waals surface area contributed by atoms with Crippen LogP contribution in [0.2, 0.25) is 0 Å². The van der Waals surface area contributed by atoms with Crippen LogP contribution in [0, 0.1) is 12.7 Å². The largest absolute Gasteiger partial charge is 0.496 e. The van der Waals surface area contributed by atoms with Gasteiger partial charge in [0.1, 0.15) is 24.2 Å². The molecule has 11 heteroatoms. The van der Waals surface area contributed by atoms with Gasteiger partial charge in [-0.25, -0.2) is 12.8 Å². The Morgan fingerprint density at radius 2 is 1.64 bits per heavy atom. The fourth-order valence-electron chi connectivity index (χ4n) is 5.04. The first-order valence-electron chi connectivity index (χ1n) is 15.3. The number of ether oxygens (including phenoxy) is 1. The molecule has 1 atom stereocenters. The number of anilines is 1. The molecule has 0 saturated heterocycles. The molecular formula is C36H39BrFN3O5S. The summed E-state index contributed by atoms with van der Waals surface area (Å²) in [6, 6.07) is 25.3. The summed E-state index contributed by atoms with van der Waals surface area (Å²) >= 11 is 3.36. The zero-order valence-electron chi connectivity index (χ0n) is 26.7. The fraction of sp³-hybridized carbons (Fsp3) is 0.278. The fourth-order valence-corrected chi connectivity index (χ4v) is 7.18. The Morgan fingerprint density at radius 3 is 2.28 bits per heavy atom. The first kappa shape index (κ1) is 35.6. The SMILES string of the molecule is CCCCNC(=O)[C@H](Cc1ccccc1)N(Cc1ccccc1F)C(=O)CN(c1ccc(C)cc1)S(=O)(=O)c1ccc(OC)c(Br)c1. The Morgan fingerprint density at radius 1 is 0.957 bits per heavy atom. The molecule has 4 aromatic rings. The van der Waals surface area contributed by atoms with Gasteiger partial charge < -0.3 is 15.0 Å². The summed E-state index contributed by atoms with van der Waals surface area (Å²) in [5, 5.41) is 2.93. The average Bonchev–Trinajstić information content (AvgIpc) is 3.06. The summed E-state index contributed by atoms with van der Waals surface area (Å²) in [5.41, 5.74) is 2.15. The summed E-state index contributed by atoms with van der Waals surface area (Å²) in [5.74, 6) is -1.18. The van der Waals surface area contributed by atoms with Crippen molar-refractivity contribution in [3.63, 3.8) is 0 Å². The topological polar surface area (TPSA) is 96.0 Å². The van der Waals surface area contributed by atoms with Crippen molar-refractivity contribution in [2.75, 3.05) is 24.5 Å². The molecular weight excluding hydrogens is 685 g/mol. The highest BCUT2D eigenvalue weighted by Gasteiger charge is 2.35. The first-order valence-corrected chi connectivity index (χ1v) is 17.6. The van der Waals surface area contributed by atoms with E-state index in [9.17, 15) is 18.0 Å². The summed E-state index contributed by atoms with van der Waals surface area (Å²) in [6.07, 6.45) is 1.73. The summed E-state index contributed by atoms with van der Waals surface area (Å²) in [6.45, 7) is 3.38. The second-order valence-corrected chi connectivity index (χ2v) is 13.8. The van der Waals surface area contributed by atoms with Gasteiger partial charge in [-0.3, -0.25) is 13.9 Å². The van der Waals surface area contributed by atoms with E-state index in [0.29, 0.717) is 16.8 Å². The number of benzene rings is 4. The number of unbranched alkanes of at least 4 members (excludes halogenated alkanes) is 1. The number of sulfonamides is 1. The van der Waals surface area contributed by atoms with Crippen LogP contribution in [0.25, 0.3) is 0 Å². The normalized spacial score (nSPS) is 11.9. The molecule has 0 fully saturated rings. The zero-order valence-corrected chi connectivity index (χ0v) is 29.1. The van der Waals surface area contributed by atoms with Crippen LogP contribution in [0.4, 0.5) is 10.1 Å². The second kappa shape index (κ2) is 16.6. The highest BCUT2D eigenvalue weighted by Crippen LogP contribution is 2.31. The minimum atomic E-state index is -4.32. The van der Waals surface area contributed by atoms with Crippen molar-refractivity contribution >= 4 is 43.5 Å². The minimum absolute atomic E-state index is 0.0719. The first-order chi connectivity index (χ1) is 22.5. The molecule has 4 aromatic carbocycles. The monoisotopic (exact) mass is 723 g/mol. The third-order valence-electron chi connectivity index (χ3n) is 7.71. The Labute approximate surface area is 284 Å². The van der Waals surface area contributed by atoms with Crippen LogP contribution >= 0.6 is 15.9 Å². The third-order valence-corrected chi connectivity index (χ3v) is 10.1. The lowest BCUT2D eigenvalue weighted by Gasteiger charge is -2.34. The molecule has 0 bridgehead atoms. The van der Waals surface area contributed by atoms with Crippen molar-refractivity contribution in [1.29, 1.82) is 0 Å². The molecule has 0 aliphatic carbocycles. The molecule has 8 nitrogen and oxygen atoms in total. The smallest absolute Gasteiger partial charge is 0.264 e. The maximum Gasteiger partial charge on any atom is 0.264 e. The van der Waals surface area contributed by atoms with Gasteiger partial charge in [0.15, 0.2) is 0 Å². The molecule has 4 rings (SSSR count). The molecule has 2 amide bonds. The van der Waals surface area contributed by atoms with E-state index in [1.807, 2.05) is 44.2 Å². The van der Waals surface area contributed by atoms with Crippen molar-refractivity contribution in [2.24, 2.45) is 0 Å². The van der Waals surface area contributed by atoms with Gasteiger partial charge in [-0.05, 0) is 71.2 Å². The number of amides is 2. The number of methoxy groups -OCH3 is 1. The maximum absolute atomic E-state index is 15.1. The quantitative estimate of drug-likeness (QED) is 0.139. The van der Waals surface area contributed by atoms with Gasteiger partial charge >= 0.3 is 0 Å². The van der Waals surface area contributed by atoms with Crippen LogP contribution in [0.1, 0.15) is 36.5 Å². The Balaban J connectivity index is 1.81. The van der Waals surface area contributed by atoms with Crippen LogP contribution in [0.15, 0.2) is 106 Å². The molecule has 47 heavy (non-hydrogen) atoms. The van der Waals surface area contributed by atoms with Crippen LogP contribution in [0.3, 0.4) is 0 Å². The number of carbonyl (C=O) groups is 2. The van der Waals surface area contributed by atoms with E-state index in [0.717, 1.165) is 28.3 Å². The predicted molar refractivity (Wildman–Crippen MR) is 185 cm³/mol. The standard InChI is InChI=1S/C36H39BrFN3O5S/c1-4-5-21-39-36(43)33(22-27-11-7-6-8-12-27)40(24-28-13-9-10-14-32(28)38)35(42)25-41(29-17-15-26(2)16-18-29)47(44,45)30-19-20-34(46-3)31(37)23-30/h6-20,23,33H,4-5,21-22,24-25H2,1-3H3,(H,39,43)/t33-/m0/s1. The molecule has 0 aliphatic rings. The van der Waals surface area contributed by atoms with Gasteiger partial charge in [0.2, 0.25) is 11.8 Å². The molecule has 0 saturated carbocycles. The van der Waals surface area contributed by atoms with Crippen LogP contribution in [-0.4, -0.2) is 51.4 Å². The van der Waals surface area contributed by atoms with Gasteiger partial charge in [0.25, 0.3) is 10.0 Å². The van der Waals surface area contributed by atoms with E-state index in [4.69, 9.17) is 4.74 Å². The Bertz CT molecular complexity index is 1770. The number of nitrogens with zero attached hydrogens (tertiary/aromatic N) is 2. The third kappa shape index (κ3) is 9.20. The van der Waals surface area contributed by atoms with Crippen molar-refractivity contribution in [1.82, 2.24) is 10.2 Å². The minimum Gasteiger partial charge on any atom is -0.496 e. The average molecular weight is 725 g/mol. The predicted octanol–water partition coefficient (Wildman–Crippen LogP) is 6.66. The number of aryl methyl sites for hydroxylation is 1. The highest BCUT2D eigenvalue weighted by molar-refractivity contribution is 9.10. The Kier molecular flexibility index (Phi) is 12.6. The molecule has 0 radical (unpaired) electrons. The number of hydrogen-bond acceptors (Lipinski definition) is 5. The lowest BCUT2D eigenvalue weighted by molar-refractivity contribution is -0.140. The molecule has 0 spiro atoms. The summed E-state index contributed by atoms with van der Waals surface area (Å²) in [7, 11) is -2.85. The lowest BCUT2D eigenvalue weighted by Crippen LogP contribution is -2.53. The van der Waals surface area contributed by atoms with E-state index in [1.54, 1.807) is 42.5 Å². The number of rotatable bonds is 15. The summed E-state index contributed by atoms with van der Waals surface area (Å²) in [4.78, 5) is 29.5. The van der Waals surface area contributed by atoms with E-state index < -0.39 is 40.2 Å². The van der Waals surface area contributed by atoms with Gasteiger partial charge in [-0.2, -0.15) is 0 Å². The molecule has 0 aliphatic heterocycles. The number of hydrogen-bond donors (Lipinski definition) is 1. The molecule has 0 aromatic heterocycles. The van der Waals surface area contributed by atoms with Gasteiger partial charge in [-0.1, -0.05) is 79.6 Å². The van der Waals surface area contributed by atoms with Crippen molar-refractivity contribution in [2.45, 2.75) is 50.6 Å². The molecule has 0 heterocycles. The Hall–Kier alpha value is -4.22. The number of halogens is 2. The molecule has 0 unspecified atom stereocenters. The maximum atomic E-state index is 15.1. The van der Waals surface area contributed by atoms with E-state index >= 15 is 4.39 Å². The number of nitrogens with one attached hydrogen (secondary N) is 1. The van der Waals surface area contributed by atoms with Gasteiger partial charge in [0.05, 0.1) is 22.2 Å². The van der Waals surface area contributed by atoms with Crippen molar-refractivity contribution < 1.29 is 27.1 Å². The van der Waals surface area contributed by atoms with Crippen LogP contribution in [0.5, 0.6) is 5.75 Å². The van der Waals surface area contributed by atoms with Crippen molar-refractivity contribution in [3.8, 4) is 5.75 Å². The van der Waals surface area contributed by atoms with E-state index in [2.05, 4.69) is 21.2 Å².